The summed E-state index contributed by atoms with van der Waals surface area (Å²) in [5.41, 5.74) is 4.58. The Morgan fingerprint density at radius 1 is 0.778 bits per heavy atom. The van der Waals surface area contributed by atoms with Gasteiger partial charge in [-0.15, -0.1) is 0 Å². The topological polar surface area (TPSA) is 216 Å². The number of fused-ring (bicyclic) bond motifs is 1. The largest absolute Gasteiger partial charge is 0.464 e. The van der Waals surface area contributed by atoms with Gasteiger partial charge in [-0.2, -0.15) is 15.4 Å². The molecule has 0 spiro atoms. The zero-order chi connectivity index (χ0) is 52.0. The summed E-state index contributed by atoms with van der Waals surface area (Å²) in [5, 5.41) is 18.4. The molecule has 2 aromatic heterocycles. The van der Waals surface area contributed by atoms with E-state index in [-0.39, 0.29) is 42.6 Å². The van der Waals surface area contributed by atoms with E-state index in [0.29, 0.717) is 18.4 Å². The second-order valence-corrected chi connectivity index (χ2v) is 21.2. The molecule has 0 unspecified atom stereocenters. The Labute approximate surface area is 430 Å². The first-order valence-corrected chi connectivity index (χ1v) is 29.0. The lowest BCUT2D eigenvalue weighted by molar-refractivity contribution is -0.169. The molecule has 6 atom stereocenters. The zero-order valence-corrected chi connectivity index (χ0v) is 45.1. The number of hydrogen-bond acceptors (Lipinski definition) is 14. The van der Waals surface area contributed by atoms with Crippen LogP contribution in [0.2, 0.25) is 0 Å². The number of benzene rings is 1. The van der Waals surface area contributed by atoms with Gasteiger partial charge in [0.05, 0.1) is 18.9 Å². The first-order valence-electron chi connectivity index (χ1n) is 27.4. The van der Waals surface area contributed by atoms with Crippen molar-refractivity contribution in [2.45, 2.75) is 232 Å². The van der Waals surface area contributed by atoms with Gasteiger partial charge in [0.1, 0.15) is 35.8 Å². The quantitative estimate of drug-likeness (QED) is 0.0235. The Morgan fingerprint density at radius 2 is 1.31 bits per heavy atom. The van der Waals surface area contributed by atoms with Crippen molar-refractivity contribution in [3.05, 3.63) is 54.5 Å². The molecule has 1 aliphatic heterocycles. The number of nitrogens with zero attached hydrogens (tertiary/aromatic N) is 4. The molecule has 1 saturated heterocycles. The van der Waals surface area contributed by atoms with Crippen LogP contribution in [0.1, 0.15) is 207 Å². The monoisotopic (exact) mass is 1020 g/mol. The van der Waals surface area contributed by atoms with Crippen LogP contribution in [0.15, 0.2) is 48.8 Å². The van der Waals surface area contributed by atoms with Gasteiger partial charge in [0, 0.05) is 12.8 Å². The van der Waals surface area contributed by atoms with Crippen LogP contribution < -0.4 is 15.3 Å². The third kappa shape index (κ3) is 19.7. The Kier molecular flexibility index (Phi) is 27.8. The number of esters is 3. The number of nitriles is 1. The van der Waals surface area contributed by atoms with Gasteiger partial charge in [-0.1, -0.05) is 187 Å². The summed E-state index contributed by atoms with van der Waals surface area (Å²) in [5.74, 6) is -1.41. The second-order valence-electron chi connectivity index (χ2n) is 19.5. The molecule has 3 heterocycles. The maximum absolute atomic E-state index is 14.9. The lowest BCUT2D eigenvalue weighted by Crippen LogP contribution is -2.46. The fraction of sp³-hybridized carbons (Fsp3) is 0.709. The number of anilines is 1. The molecule has 3 N–H and O–H groups in total. The number of aromatic nitrogens is 3. The van der Waals surface area contributed by atoms with Crippen molar-refractivity contribution in [3.8, 4) is 11.8 Å². The van der Waals surface area contributed by atoms with Gasteiger partial charge in [0.2, 0.25) is 5.60 Å². The van der Waals surface area contributed by atoms with E-state index in [1.165, 1.54) is 94.8 Å². The molecular formula is C55H87N6O10P. The van der Waals surface area contributed by atoms with Crippen LogP contribution in [0, 0.1) is 17.2 Å². The van der Waals surface area contributed by atoms with Crippen LogP contribution in [0.4, 0.5) is 5.82 Å². The molecule has 0 amide bonds. The normalized spacial score (nSPS) is 18.9. The Morgan fingerprint density at radius 3 is 1.83 bits per heavy atom. The fourth-order valence-corrected chi connectivity index (χ4v) is 10.6. The summed E-state index contributed by atoms with van der Waals surface area (Å²) in [7, 11) is -4.51. The number of nitrogens with one attached hydrogen (secondary N) is 1. The van der Waals surface area contributed by atoms with E-state index >= 15 is 0 Å². The summed E-state index contributed by atoms with van der Waals surface area (Å²) < 4.78 is 53.1. The smallest absolute Gasteiger partial charge is 0.459 e. The minimum absolute atomic E-state index is 0.0505. The van der Waals surface area contributed by atoms with Gasteiger partial charge < -0.3 is 29.2 Å². The van der Waals surface area contributed by atoms with Crippen LogP contribution in [0.25, 0.3) is 5.52 Å². The molecule has 4 rings (SSSR count). The number of unbranched alkanes of at least 4 members (excludes halogenated alkanes) is 20. The van der Waals surface area contributed by atoms with Crippen molar-refractivity contribution in [1.82, 2.24) is 19.7 Å². The standard InChI is InChI=1S/C55H87N6O10P/c1-6-10-12-14-16-18-20-22-24-26-31-35-49(62)68-51-47(40-67-72(65,71-45-33-29-28-30-34-45)60-43(5)54(64)66-39-44(8-3)9-4)70-55(41-56,48-38-37-46-53(57)58-42-59-61(46)48)52(51)69-50(63)36-32-27-25-23-21-19-17-15-13-11-7-2/h28-30,33-34,37-38,42-44,47,51-52H,6-27,31-32,35-36,39-40H2,1-5H3,(H,60,65)(H2,57,58,59)/t43-,47-,51-,52-,55+,72+/m1/s1. The number of carbonyl (C=O) groups excluding carboxylic acids is 3. The molecule has 0 aliphatic carbocycles. The molecule has 402 valence electrons. The average molecular weight is 1020 g/mol. The van der Waals surface area contributed by atoms with E-state index in [1.54, 1.807) is 42.5 Å². The zero-order valence-electron chi connectivity index (χ0n) is 44.2. The highest BCUT2D eigenvalue weighted by molar-refractivity contribution is 7.52. The molecule has 1 aliphatic rings. The number of carbonyl (C=O) groups is 3. The van der Waals surface area contributed by atoms with Crippen molar-refractivity contribution >= 4 is 37.0 Å². The van der Waals surface area contributed by atoms with Gasteiger partial charge >= 0.3 is 25.7 Å². The van der Waals surface area contributed by atoms with Gasteiger partial charge in [-0.25, -0.2) is 14.1 Å². The molecule has 0 saturated carbocycles. The first-order chi connectivity index (χ1) is 34.9. The van der Waals surface area contributed by atoms with Crippen LogP contribution >= 0.6 is 7.75 Å². The number of para-hydroxylation sites is 1. The first kappa shape index (κ1) is 60.0. The van der Waals surface area contributed by atoms with E-state index in [2.05, 4.69) is 35.1 Å². The predicted molar refractivity (Wildman–Crippen MR) is 280 cm³/mol. The van der Waals surface area contributed by atoms with E-state index in [9.17, 15) is 24.2 Å². The summed E-state index contributed by atoms with van der Waals surface area (Å²) in [4.78, 5) is 45.3. The van der Waals surface area contributed by atoms with Gasteiger partial charge in [-0.05, 0) is 49.9 Å². The SMILES string of the molecule is CCCCCCCCCCCCCC(=O)O[C@H]1[C@@H](OC(=O)CCCCCCCCCCCCC)[C@](C#N)(c2ccc3c(N)ncnn23)O[C@@H]1CO[P@@](=O)(N[C@H](C)C(=O)OCC(CC)CC)Oc1ccccc1. The summed E-state index contributed by atoms with van der Waals surface area (Å²) in [6.07, 6.45) is 22.7. The van der Waals surface area contributed by atoms with Crippen molar-refractivity contribution < 1.29 is 46.9 Å². The van der Waals surface area contributed by atoms with E-state index < -0.39 is 62.2 Å². The number of nitrogens with two attached hydrogens (primary N) is 1. The second kappa shape index (κ2) is 33.3. The third-order valence-corrected chi connectivity index (χ3v) is 15.3. The van der Waals surface area contributed by atoms with Gasteiger partial charge in [-0.3, -0.25) is 18.9 Å². The van der Waals surface area contributed by atoms with Crippen molar-refractivity contribution in [2.24, 2.45) is 5.92 Å². The highest BCUT2D eigenvalue weighted by atomic mass is 31.2. The molecule has 0 radical (unpaired) electrons. The van der Waals surface area contributed by atoms with Crippen LogP contribution in [0.3, 0.4) is 0 Å². The average Bonchev–Trinajstić information content (AvgIpc) is 3.94. The van der Waals surface area contributed by atoms with Gasteiger partial charge in [0.15, 0.2) is 18.0 Å². The molecule has 72 heavy (non-hydrogen) atoms. The Bertz CT molecular complexity index is 2110. The van der Waals surface area contributed by atoms with Crippen LogP contribution in [-0.2, 0) is 48.0 Å². The van der Waals surface area contributed by atoms with E-state index in [0.717, 1.165) is 64.2 Å². The Hall–Kier alpha value is -4.55. The summed E-state index contributed by atoms with van der Waals surface area (Å²) in [6, 6.07) is 12.6. The Balaban J connectivity index is 1.60. The highest BCUT2D eigenvalue weighted by Crippen LogP contribution is 2.49. The molecule has 0 bridgehead atoms. The van der Waals surface area contributed by atoms with E-state index in [1.807, 2.05) is 13.8 Å². The molecule has 1 aromatic carbocycles. The molecule has 1 fully saturated rings. The minimum Gasteiger partial charge on any atom is -0.464 e. The van der Waals surface area contributed by atoms with Crippen molar-refractivity contribution in [2.75, 3.05) is 18.9 Å². The lowest BCUT2D eigenvalue weighted by Gasteiger charge is -2.28. The molecular weight excluding hydrogens is 936 g/mol. The summed E-state index contributed by atoms with van der Waals surface area (Å²) in [6.45, 7) is 9.53. The maximum atomic E-state index is 14.9. The van der Waals surface area contributed by atoms with E-state index in [4.69, 9.17) is 33.7 Å². The van der Waals surface area contributed by atoms with Gasteiger partial charge in [0.25, 0.3) is 0 Å². The minimum atomic E-state index is -4.51. The predicted octanol–water partition coefficient (Wildman–Crippen LogP) is 12.8. The number of nitrogen functional groups attached to an aromatic ring is 1. The lowest BCUT2D eigenvalue weighted by atomic mass is 9.92. The molecule has 3 aromatic rings. The number of rotatable bonds is 39. The van der Waals surface area contributed by atoms with Crippen molar-refractivity contribution in [3.63, 3.8) is 0 Å². The van der Waals surface area contributed by atoms with Crippen LogP contribution in [0.5, 0.6) is 5.75 Å². The third-order valence-electron chi connectivity index (χ3n) is 13.6. The fourth-order valence-electron chi connectivity index (χ4n) is 9.10. The number of hydrogen-bond donors (Lipinski definition) is 2. The molecule has 16 nitrogen and oxygen atoms in total. The highest BCUT2D eigenvalue weighted by Gasteiger charge is 2.63. The maximum Gasteiger partial charge on any atom is 0.459 e. The summed E-state index contributed by atoms with van der Waals surface area (Å²) >= 11 is 0. The van der Waals surface area contributed by atoms with Crippen LogP contribution in [-0.4, -0.2) is 70.1 Å². The molecule has 17 heteroatoms. The number of ether oxygens (including phenoxy) is 4. The van der Waals surface area contributed by atoms with Crippen molar-refractivity contribution in [1.29, 1.82) is 5.26 Å².